The van der Waals surface area contributed by atoms with Crippen molar-refractivity contribution in [2.45, 2.75) is 25.8 Å². The zero-order valence-corrected chi connectivity index (χ0v) is 15.7. The van der Waals surface area contributed by atoms with E-state index in [4.69, 9.17) is 4.74 Å². The minimum Gasteiger partial charge on any atom is -0.370 e. The number of amides is 1. The van der Waals surface area contributed by atoms with Gasteiger partial charge in [-0.25, -0.2) is 4.98 Å². The topological polar surface area (TPSA) is 55.7 Å². The number of aromatic nitrogens is 1. The molecule has 0 unspecified atom stereocenters. The minimum absolute atomic E-state index is 0.0106. The first-order valence-electron chi connectivity index (χ1n) is 8.74. The quantitative estimate of drug-likeness (QED) is 0.813. The van der Waals surface area contributed by atoms with Gasteiger partial charge in [0.25, 0.3) is 0 Å². The maximum Gasteiger partial charge on any atom is 0.226 e. The summed E-state index contributed by atoms with van der Waals surface area (Å²) in [4.78, 5) is 18.4. The molecular weight excluding hydrogens is 334 g/mol. The van der Waals surface area contributed by atoms with Crippen LogP contribution in [0.1, 0.15) is 19.5 Å². The number of hydrogen-bond donors (Lipinski definition) is 2. The molecule has 1 aliphatic rings. The standard InChI is InChI=1S/C19H25N3O2S/c1-19(2,22-8-10-24-11-9-22)14-20-17(23)12-16-13-25-18(21-16)15-6-4-3-5-7-15/h3-7,13H,8-12,14H2,1-2H3,(H,20,23)/p+1. The molecule has 1 fully saturated rings. The lowest BCUT2D eigenvalue weighted by atomic mass is 10.0. The molecule has 1 aliphatic heterocycles. The molecule has 2 heterocycles. The summed E-state index contributed by atoms with van der Waals surface area (Å²) < 4.78 is 5.42. The molecule has 1 aromatic heterocycles. The highest BCUT2D eigenvalue weighted by Gasteiger charge is 2.32. The lowest BCUT2D eigenvalue weighted by Gasteiger charge is -2.37. The molecule has 0 aliphatic carbocycles. The van der Waals surface area contributed by atoms with Crippen molar-refractivity contribution >= 4 is 17.2 Å². The highest BCUT2D eigenvalue weighted by Crippen LogP contribution is 2.23. The molecule has 25 heavy (non-hydrogen) atoms. The zero-order chi connectivity index (χ0) is 17.7. The molecule has 0 saturated carbocycles. The number of nitrogens with zero attached hydrogens (tertiary/aromatic N) is 1. The van der Waals surface area contributed by atoms with Gasteiger partial charge in [-0.2, -0.15) is 0 Å². The summed E-state index contributed by atoms with van der Waals surface area (Å²) in [6.45, 7) is 8.65. The molecule has 0 atom stereocenters. The van der Waals surface area contributed by atoms with Crippen molar-refractivity contribution in [2.24, 2.45) is 0 Å². The van der Waals surface area contributed by atoms with Gasteiger partial charge in [0, 0.05) is 10.9 Å². The molecule has 5 nitrogen and oxygen atoms in total. The predicted molar refractivity (Wildman–Crippen MR) is 99.9 cm³/mol. The number of nitrogens with one attached hydrogen (secondary N) is 2. The first kappa shape index (κ1) is 18.0. The van der Waals surface area contributed by atoms with Crippen molar-refractivity contribution < 1.29 is 14.4 Å². The average molecular weight is 361 g/mol. The van der Waals surface area contributed by atoms with Crippen molar-refractivity contribution in [2.75, 3.05) is 32.8 Å². The van der Waals surface area contributed by atoms with Crippen LogP contribution in [0.4, 0.5) is 0 Å². The van der Waals surface area contributed by atoms with Gasteiger partial charge in [0.1, 0.15) is 23.6 Å². The van der Waals surface area contributed by atoms with Gasteiger partial charge in [-0.3, -0.25) is 4.79 Å². The van der Waals surface area contributed by atoms with Crippen molar-refractivity contribution in [3.8, 4) is 10.6 Å². The van der Waals surface area contributed by atoms with Gasteiger partial charge in [-0.05, 0) is 13.8 Å². The van der Waals surface area contributed by atoms with Gasteiger partial charge >= 0.3 is 0 Å². The Bertz CT molecular complexity index is 694. The molecule has 0 bridgehead atoms. The Balaban J connectivity index is 1.52. The highest BCUT2D eigenvalue weighted by atomic mass is 32.1. The van der Waals surface area contributed by atoms with Crippen LogP contribution in [0, 0.1) is 0 Å². The Kier molecular flexibility index (Phi) is 5.83. The van der Waals surface area contributed by atoms with Crippen LogP contribution in [0.15, 0.2) is 35.7 Å². The predicted octanol–water partition coefficient (Wildman–Crippen LogP) is 1.16. The largest absolute Gasteiger partial charge is 0.370 e. The fraction of sp³-hybridized carbons (Fsp3) is 0.474. The molecule has 1 aromatic carbocycles. The molecular formula is C19H26N3O2S+. The number of quaternary nitrogens is 1. The zero-order valence-electron chi connectivity index (χ0n) is 14.9. The number of ether oxygens (including phenoxy) is 1. The Morgan fingerprint density at radius 3 is 2.72 bits per heavy atom. The SMILES string of the molecule is CC(C)(CNC(=O)Cc1csc(-c2ccccc2)n1)[NH+]1CCOCC1. The number of thiazole rings is 1. The van der Waals surface area contributed by atoms with E-state index in [1.807, 2.05) is 35.7 Å². The van der Waals surface area contributed by atoms with Crippen molar-refractivity contribution in [1.82, 2.24) is 10.3 Å². The molecule has 2 aromatic rings. The fourth-order valence-corrected chi connectivity index (χ4v) is 3.89. The monoisotopic (exact) mass is 360 g/mol. The second-order valence-electron chi connectivity index (χ2n) is 7.06. The van der Waals surface area contributed by atoms with Crippen LogP contribution in [-0.4, -0.2) is 49.3 Å². The molecule has 1 amide bonds. The Labute approximate surface area is 153 Å². The molecule has 0 radical (unpaired) electrons. The average Bonchev–Trinajstić information content (AvgIpc) is 3.10. The second-order valence-corrected chi connectivity index (χ2v) is 7.92. The molecule has 1 saturated heterocycles. The maximum atomic E-state index is 12.3. The van der Waals surface area contributed by atoms with Crippen LogP contribution in [0.3, 0.4) is 0 Å². The van der Waals surface area contributed by atoms with Gasteiger partial charge in [0.2, 0.25) is 5.91 Å². The number of rotatable bonds is 6. The number of morpholine rings is 1. The molecule has 2 N–H and O–H groups in total. The maximum absolute atomic E-state index is 12.3. The normalized spacial score (nSPS) is 15.9. The van der Waals surface area contributed by atoms with Crippen LogP contribution in [0.25, 0.3) is 10.6 Å². The summed E-state index contributed by atoms with van der Waals surface area (Å²) in [6.07, 6.45) is 0.331. The lowest BCUT2D eigenvalue weighted by Crippen LogP contribution is -3.22. The first-order valence-corrected chi connectivity index (χ1v) is 9.62. The smallest absolute Gasteiger partial charge is 0.226 e. The molecule has 6 heteroatoms. The lowest BCUT2D eigenvalue weighted by molar-refractivity contribution is -0.954. The van der Waals surface area contributed by atoms with Gasteiger partial charge in [0.05, 0.1) is 31.9 Å². The van der Waals surface area contributed by atoms with E-state index in [0.717, 1.165) is 42.6 Å². The number of carbonyl (C=O) groups excluding carboxylic acids is 1. The van der Waals surface area contributed by atoms with E-state index >= 15 is 0 Å². The van der Waals surface area contributed by atoms with E-state index in [9.17, 15) is 4.79 Å². The third-order valence-electron chi connectivity index (χ3n) is 4.70. The molecule has 134 valence electrons. The van der Waals surface area contributed by atoms with E-state index in [0.29, 0.717) is 13.0 Å². The van der Waals surface area contributed by atoms with Crippen LogP contribution < -0.4 is 10.2 Å². The summed E-state index contributed by atoms with van der Waals surface area (Å²) in [5.74, 6) is 0.0330. The Morgan fingerprint density at radius 2 is 2.00 bits per heavy atom. The van der Waals surface area contributed by atoms with E-state index < -0.39 is 0 Å². The van der Waals surface area contributed by atoms with E-state index in [-0.39, 0.29) is 11.4 Å². The van der Waals surface area contributed by atoms with Gasteiger partial charge < -0.3 is 15.0 Å². The Hall–Kier alpha value is -1.76. The fourth-order valence-electron chi connectivity index (χ4n) is 3.07. The van der Waals surface area contributed by atoms with Crippen LogP contribution in [0.2, 0.25) is 0 Å². The van der Waals surface area contributed by atoms with Crippen LogP contribution >= 0.6 is 11.3 Å². The molecule has 0 spiro atoms. The van der Waals surface area contributed by atoms with Gasteiger partial charge in [-0.15, -0.1) is 11.3 Å². The summed E-state index contributed by atoms with van der Waals surface area (Å²) in [5, 5.41) is 6.01. The molecule has 3 rings (SSSR count). The summed E-state index contributed by atoms with van der Waals surface area (Å²) in [5.41, 5.74) is 1.94. The number of benzene rings is 1. The second kappa shape index (κ2) is 8.08. The summed E-state index contributed by atoms with van der Waals surface area (Å²) in [7, 11) is 0. The van der Waals surface area contributed by atoms with E-state index in [1.165, 1.54) is 4.90 Å². The van der Waals surface area contributed by atoms with E-state index in [1.54, 1.807) is 11.3 Å². The van der Waals surface area contributed by atoms with Gasteiger partial charge in [-0.1, -0.05) is 30.3 Å². The first-order chi connectivity index (χ1) is 12.0. The summed E-state index contributed by atoms with van der Waals surface area (Å²) in [6, 6.07) is 10.1. The third-order valence-corrected chi connectivity index (χ3v) is 5.64. The van der Waals surface area contributed by atoms with E-state index in [2.05, 4.69) is 24.1 Å². The van der Waals surface area contributed by atoms with Crippen molar-refractivity contribution in [3.05, 3.63) is 41.4 Å². The van der Waals surface area contributed by atoms with Gasteiger partial charge in [0.15, 0.2) is 0 Å². The van der Waals surface area contributed by atoms with Crippen LogP contribution in [-0.2, 0) is 16.0 Å². The Morgan fingerprint density at radius 1 is 1.28 bits per heavy atom. The van der Waals surface area contributed by atoms with Crippen LogP contribution in [0.5, 0.6) is 0 Å². The number of carbonyl (C=O) groups is 1. The third kappa shape index (κ3) is 4.87. The van der Waals surface area contributed by atoms with Crippen molar-refractivity contribution in [3.63, 3.8) is 0 Å². The minimum atomic E-state index is 0.0106. The highest BCUT2D eigenvalue weighted by molar-refractivity contribution is 7.13. The summed E-state index contributed by atoms with van der Waals surface area (Å²) >= 11 is 1.58. The number of hydrogen-bond acceptors (Lipinski definition) is 4. The van der Waals surface area contributed by atoms with Crippen molar-refractivity contribution in [1.29, 1.82) is 0 Å².